The zero-order chi connectivity index (χ0) is 20.4. The third-order valence-electron chi connectivity index (χ3n) is 4.17. The molecular weight excluding hydrogens is 376 g/mol. The molecule has 0 N–H and O–H groups in total. The number of ether oxygens (including phenoxy) is 2. The first kappa shape index (κ1) is 20.1. The average molecular weight is 401 g/mol. The van der Waals surface area contributed by atoms with Gasteiger partial charge in [-0.25, -0.2) is 9.78 Å². The first-order valence-corrected chi connectivity index (χ1v) is 10.1. The third-order valence-corrected chi connectivity index (χ3v) is 5.05. The Bertz CT molecular complexity index is 1030. The third kappa shape index (κ3) is 4.09. The number of esters is 1. The zero-order valence-corrected chi connectivity index (χ0v) is 17.4. The van der Waals surface area contributed by atoms with Crippen molar-refractivity contribution in [2.24, 2.45) is 0 Å². The predicted octanol–water partition coefficient (Wildman–Crippen LogP) is 4.42. The number of nitrogens with zero attached hydrogens (tertiary/aromatic N) is 2. The van der Waals surface area contributed by atoms with Gasteiger partial charge in [0.2, 0.25) is 0 Å². The van der Waals surface area contributed by atoms with Gasteiger partial charge in [-0.05, 0) is 52.3 Å². The van der Waals surface area contributed by atoms with Crippen LogP contribution in [0.3, 0.4) is 0 Å². The molecule has 28 heavy (non-hydrogen) atoms. The van der Waals surface area contributed by atoms with Gasteiger partial charge in [0.25, 0.3) is 5.56 Å². The summed E-state index contributed by atoms with van der Waals surface area (Å²) in [5.74, 6) is 0.323. The lowest BCUT2D eigenvalue weighted by molar-refractivity contribution is -0.151. The van der Waals surface area contributed by atoms with Crippen LogP contribution in [0.1, 0.15) is 40.7 Å². The van der Waals surface area contributed by atoms with Crippen LogP contribution in [-0.2, 0) is 9.53 Å². The largest absolute Gasteiger partial charge is 0.491 e. The number of aromatic nitrogens is 2. The summed E-state index contributed by atoms with van der Waals surface area (Å²) in [6.07, 6.45) is 1.26. The molecule has 3 rings (SSSR count). The second-order valence-corrected chi connectivity index (χ2v) is 8.00. The molecule has 0 aliphatic rings. The van der Waals surface area contributed by atoms with E-state index in [2.05, 4.69) is 4.98 Å². The van der Waals surface area contributed by atoms with E-state index in [0.717, 1.165) is 16.9 Å². The van der Waals surface area contributed by atoms with Gasteiger partial charge in [0.1, 0.15) is 16.6 Å². The van der Waals surface area contributed by atoms with Crippen LogP contribution in [0.5, 0.6) is 5.75 Å². The van der Waals surface area contributed by atoms with E-state index in [9.17, 15) is 9.59 Å². The highest BCUT2D eigenvalue weighted by atomic mass is 32.1. The lowest BCUT2D eigenvalue weighted by atomic mass is 10.1. The smallest absolute Gasteiger partial charge is 0.329 e. The van der Waals surface area contributed by atoms with E-state index in [1.165, 1.54) is 22.2 Å². The van der Waals surface area contributed by atoms with Crippen LogP contribution in [0.25, 0.3) is 21.3 Å². The Kier molecular flexibility index (Phi) is 5.84. The summed E-state index contributed by atoms with van der Waals surface area (Å²) in [7, 11) is 0. The molecule has 3 aromatic rings. The second-order valence-electron chi connectivity index (χ2n) is 7.14. The van der Waals surface area contributed by atoms with Crippen molar-refractivity contribution in [1.82, 2.24) is 9.55 Å². The minimum absolute atomic E-state index is 0.0938. The molecule has 0 spiro atoms. The number of rotatable bonds is 6. The fourth-order valence-corrected chi connectivity index (χ4v) is 3.77. The van der Waals surface area contributed by atoms with Crippen LogP contribution in [0.4, 0.5) is 0 Å². The Morgan fingerprint density at radius 2 is 1.75 bits per heavy atom. The van der Waals surface area contributed by atoms with Crippen molar-refractivity contribution in [2.75, 3.05) is 0 Å². The van der Waals surface area contributed by atoms with Gasteiger partial charge in [0.05, 0.1) is 23.9 Å². The van der Waals surface area contributed by atoms with Gasteiger partial charge in [-0.2, -0.15) is 0 Å². The zero-order valence-electron chi connectivity index (χ0n) is 16.6. The minimum Gasteiger partial charge on any atom is -0.491 e. The van der Waals surface area contributed by atoms with E-state index in [4.69, 9.17) is 9.47 Å². The lowest BCUT2D eigenvalue weighted by Crippen LogP contribution is -2.30. The Labute approximate surface area is 167 Å². The Morgan fingerprint density at radius 3 is 2.36 bits per heavy atom. The topological polar surface area (TPSA) is 70.4 Å². The molecule has 148 valence electrons. The van der Waals surface area contributed by atoms with Gasteiger partial charge in [0, 0.05) is 10.9 Å². The van der Waals surface area contributed by atoms with Gasteiger partial charge >= 0.3 is 5.97 Å². The molecule has 0 fully saturated rings. The number of carbonyl (C=O) groups excluding carboxylic acids is 1. The average Bonchev–Trinajstić information content (AvgIpc) is 3.06. The highest BCUT2D eigenvalue weighted by molar-refractivity contribution is 7.17. The summed E-state index contributed by atoms with van der Waals surface area (Å²) in [4.78, 5) is 30.4. The monoisotopic (exact) mass is 400 g/mol. The van der Waals surface area contributed by atoms with Gasteiger partial charge < -0.3 is 9.47 Å². The normalized spacial score (nSPS) is 12.5. The number of carbonyl (C=O) groups is 1. The second kappa shape index (κ2) is 8.14. The van der Waals surface area contributed by atoms with Crippen molar-refractivity contribution in [1.29, 1.82) is 0 Å². The van der Waals surface area contributed by atoms with Crippen molar-refractivity contribution in [3.63, 3.8) is 0 Å². The Balaban J connectivity index is 2.01. The first-order chi connectivity index (χ1) is 13.3. The van der Waals surface area contributed by atoms with Crippen LogP contribution in [0.2, 0.25) is 0 Å². The Hall–Kier alpha value is -2.67. The van der Waals surface area contributed by atoms with Crippen molar-refractivity contribution in [2.45, 2.75) is 52.9 Å². The molecule has 0 amide bonds. The fraction of sp³-hybridized carbons (Fsp3) is 0.381. The summed E-state index contributed by atoms with van der Waals surface area (Å²) in [6, 6.07) is 6.87. The number of hydrogen-bond donors (Lipinski definition) is 0. The fourth-order valence-electron chi connectivity index (χ4n) is 2.86. The maximum absolute atomic E-state index is 13.1. The predicted molar refractivity (Wildman–Crippen MR) is 111 cm³/mol. The maximum Gasteiger partial charge on any atom is 0.329 e. The van der Waals surface area contributed by atoms with E-state index in [1.54, 1.807) is 20.8 Å². The summed E-state index contributed by atoms with van der Waals surface area (Å²) >= 11 is 1.41. The molecule has 1 aromatic carbocycles. The molecule has 2 aromatic heterocycles. The molecule has 0 saturated heterocycles. The molecule has 0 aliphatic carbocycles. The van der Waals surface area contributed by atoms with Crippen LogP contribution < -0.4 is 10.3 Å². The summed E-state index contributed by atoms with van der Waals surface area (Å²) in [5.41, 5.74) is 1.45. The lowest BCUT2D eigenvalue weighted by Gasteiger charge is -2.16. The maximum atomic E-state index is 13.1. The summed E-state index contributed by atoms with van der Waals surface area (Å²) in [6.45, 7) is 9.14. The summed E-state index contributed by atoms with van der Waals surface area (Å²) < 4.78 is 12.2. The van der Waals surface area contributed by atoms with Crippen LogP contribution in [0.15, 0.2) is 40.8 Å². The minimum atomic E-state index is -0.749. The van der Waals surface area contributed by atoms with E-state index >= 15 is 0 Å². The number of benzene rings is 1. The first-order valence-electron chi connectivity index (χ1n) is 9.24. The van der Waals surface area contributed by atoms with E-state index < -0.39 is 12.0 Å². The van der Waals surface area contributed by atoms with Gasteiger partial charge in [-0.3, -0.25) is 9.36 Å². The molecule has 0 saturated carbocycles. The van der Waals surface area contributed by atoms with Crippen molar-refractivity contribution >= 4 is 27.5 Å². The quantitative estimate of drug-likeness (QED) is 0.573. The SMILES string of the molecule is CC(C)OC(=O)C(C)n1cnc2scc(-c3ccc(OC(C)C)cc3)c2c1=O. The highest BCUT2D eigenvalue weighted by Crippen LogP contribution is 2.32. The highest BCUT2D eigenvalue weighted by Gasteiger charge is 2.22. The molecule has 1 atom stereocenters. The number of fused-ring (bicyclic) bond motifs is 1. The molecular formula is C21H24N2O4S. The van der Waals surface area contributed by atoms with Gasteiger partial charge in [-0.15, -0.1) is 11.3 Å². The molecule has 6 nitrogen and oxygen atoms in total. The number of hydrogen-bond acceptors (Lipinski definition) is 6. The molecule has 2 heterocycles. The number of thiophene rings is 1. The van der Waals surface area contributed by atoms with Gasteiger partial charge in [0.15, 0.2) is 0 Å². The van der Waals surface area contributed by atoms with Crippen LogP contribution in [0, 0.1) is 0 Å². The van der Waals surface area contributed by atoms with E-state index in [-0.39, 0.29) is 17.8 Å². The summed E-state index contributed by atoms with van der Waals surface area (Å²) in [5, 5.41) is 2.42. The Morgan fingerprint density at radius 1 is 1.07 bits per heavy atom. The van der Waals surface area contributed by atoms with Crippen LogP contribution in [-0.4, -0.2) is 27.7 Å². The standard InChI is InChI=1S/C21H24N2O4S/c1-12(2)26-16-8-6-15(7-9-16)17-10-28-19-18(17)20(24)23(11-22-19)14(5)21(25)27-13(3)4/h6-14H,1-5H3. The molecule has 0 aliphatic heterocycles. The van der Waals surface area contributed by atoms with Gasteiger partial charge in [-0.1, -0.05) is 12.1 Å². The van der Waals surface area contributed by atoms with Crippen LogP contribution >= 0.6 is 11.3 Å². The molecule has 0 radical (unpaired) electrons. The van der Waals surface area contributed by atoms with Crippen molar-refractivity contribution in [3.8, 4) is 16.9 Å². The molecule has 0 bridgehead atoms. The molecule has 7 heteroatoms. The van der Waals surface area contributed by atoms with Crippen molar-refractivity contribution < 1.29 is 14.3 Å². The van der Waals surface area contributed by atoms with E-state index in [0.29, 0.717) is 10.2 Å². The van der Waals surface area contributed by atoms with E-state index in [1.807, 2.05) is 43.5 Å². The molecule has 1 unspecified atom stereocenters. The van der Waals surface area contributed by atoms with Crippen molar-refractivity contribution in [3.05, 3.63) is 46.3 Å².